The van der Waals surface area contributed by atoms with Crippen molar-refractivity contribution < 1.29 is 10.0 Å². The lowest BCUT2D eigenvalue weighted by molar-refractivity contribution is -0.384. The molecule has 1 rings (SSSR count). The van der Waals surface area contributed by atoms with Crippen molar-refractivity contribution in [2.75, 3.05) is 12.3 Å². The zero-order valence-corrected chi connectivity index (χ0v) is 12.7. The van der Waals surface area contributed by atoms with Gasteiger partial charge in [0.25, 0.3) is 5.69 Å². The van der Waals surface area contributed by atoms with Crippen LogP contribution in [0.5, 0.6) is 0 Å². The minimum atomic E-state index is -0.838. The van der Waals surface area contributed by atoms with Crippen molar-refractivity contribution in [3.8, 4) is 0 Å². The lowest BCUT2D eigenvalue weighted by Gasteiger charge is -2.23. The van der Waals surface area contributed by atoms with E-state index in [2.05, 4.69) is 21.2 Å². The number of nitrogens with zero attached hydrogens (tertiary/aromatic N) is 1. The number of aliphatic hydroxyl groups is 1. The van der Waals surface area contributed by atoms with Gasteiger partial charge >= 0.3 is 0 Å². The molecule has 4 N–H and O–H groups in total. The number of rotatable bonds is 4. The Kier molecular flexibility index (Phi) is 4.89. The molecule has 1 unspecified atom stereocenters. The lowest BCUT2D eigenvalue weighted by Crippen LogP contribution is -2.38. The van der Waals surface area contributed by atoms with Gasteiger partial charge in [-0.25, -0.2) is 0 Å². The fraction of sp³-hybridized carbons (Fsp3) is 0.500. The van der Waals surface area contributed by atoms with Gasteiger partial charge in [-0.2, -0.15) is 0 Å². The first-order valence-corrected chi connectivity index (χ1v) is 6.57. The molecule has 0 amide bonds. The van der Waals surface area contributed by atoms with Crippen molar-refractivity contribution in [1.82, 2.24) is 5.32 Å². The molecule has 1 aromatic carbocycles. The molecule has 0 spiro atoms. The summed E-state index contributed by atoms with van der Waals surface area (Å²) in [4.78, 5) is 10.3. The van der Waals surface area contributed by atoms with Crippen LogP contribution >= 0.6 is 15.9 Å². The summed E-state index contributed by atoms with van der Waals surface area (Å²) in [5, 5.41) is 24.1. The van der Waals surface area contributed by atoms with Gasteiger partial charge in [0, 0.05) is 22.6 Å². The Hall–Kier alpha value is -1.18. The van der Waals surface area contributed by atoms with Crippen molar-refractivity contribution in [2.45, 2.75) is 32.4 Å². The average molecular weight is 332 g/mol. The highest BCUT2D eigenvalue weighted by Gasteiger charge is 2.20. The number of β-amino-alcohol motifs (C(OH)–C–C–N with tert-alkyl or cyclic N) is 1. The van der Waals surface area contributed by atoms with Gasteiger partial charge in [0.2, 0.25) is 0 Å². The number of halogens is 1. The Balaban J connectivity index is 2.98. The molecule has 1 aromatic rings. The molecule has 19 heavy (non-hydrogen) atoms. The zero-order chi connectivity index (χ0) is 14.8. The van der Waals surface area contributed by atoms with E-state index in [0.717, 1.165) is 0 Å². The van der Waals surface area contributed by atoms with E-state index in [1.54, 1.807) is 6.07 Å². The van der Waals surface area contributed by atoms with Crippen LogP contribution in [0.25, 0.3) is 0 Å². The summed E-state index contributed by atoms with van der Waals surface area (Å²) in [5.74, 6) is 0. The van der Waals surface area contributed by atoms with Gasteiger partial charge in [-0.05, 0) is 48.3 Å². The number of benzene rings is 1. The van der Waals surface area contributed by atoms with Gasteiger partial charge in [0.05, 0.1) is 11.0 Å². The molecule has 0 aliphatic carbocycles. The summed E-state index contributed by atoms with van der Waals surface area (Å²) in [6.07, 6.45) is -0.838. The molecule has 0 saturated heterocycles. The standard InChI is InChI=1S/C12H18BrN3O3/c1-12(2,3)15-6-10(17)7-4-8(13)11(14)9(5-7)16(18)19/h4-5,10,15,17H,6,14H2,1-3H3. The van der Waals surface area contributed by atoms with Crippen LogP contribution in [0, 0.1) is 10.1 Å². The van der Waals surface area contributed by atoms with Gasteiger partial charge < -0.3 is 16.2 Å². The molecule has 0 aliphatic rings. The molecular weight excluding hydrogens is 314 g/mol. The van der Waals surface area contributed by atoms with Crippen LogP contribution in [-0.4, -0.2) is 22.1 Å². The van der Waals surface area contributed by atoms with Crippen LogP contribution in [-0.2, 0) is 0 Å². The summed E-state index contributed by atoms with van der Waals surface area (Å²) >= 11 is 3.16. The quantitative estimate of drug-likeness (QED) is 0.446. The van der Waals surface area contributed by atoms with Gasteiger partial charge in [0.15, 0.2) is 0 Å². The normalized spacial score (nSPS) is 13.3. The Bertz CT molecular complexity index is 486. The molecule has 1 atom stereocenters. The molecule has 0 saturated carbocycles. The Labute approximate surface area is 120 Å². The number of hydrogen-bond acceptors (Lipinski definition) is 5. The number of nitro benzene ring substituents is 1. The van der Waals surface area contributed by atoms with Gasteiger partial charge in [-0.3, -0.25) is 10.1 Å². The first kappa shape index (κ1) is 15.9. The minimum absolute atomic E-state index is 0.0599. The molecular formula is C12H18BrN3O3. The van der Waals surface area contributed by atoms with Crippen molar-refractivity contribution >= 4 is 27.3 Å². The number of nitrogens with two attached hydrogens (primary N) is 1. The second-order valence-corrected chi connectivity index (χ2v) is 6.19. The second kappa shape index (κ2) is 5.85. The fourth-order valence-corrected chi connectivity index (χ4v) is 1.96. The van der Waals surface area contributed by atoms with Gasteiger partial charge in [-0.15, -0.1) is 0 Å². The highest BCUT2D eigenvalue weighted by atomic mass is 79.9. The first-order chi connectivity index (χ1) is 8.61. The average Bonchev–Trinajstić information content (AvgIpc) is 2.28. The topological polar surface area (TPSA) is 101 Å². The summed E-state index contributed by atoms with van der Waals surface area (Å²) in [6, 6.07) is 2.90. The van der Waals surface area contributed by atoms with E-state index in [1.807, 2.05) is 20.8 Å². The van der Waals surface area contributed by atoms with Crippen LogP contribution in [0.4, 0.5) is 11.4 Å². The van der Waals surface area contributed by atoms with Crippen molar-refractivity contribution in [1.29, 1.82) is 0 Å². The molecule has 7 heteroatoms. The first-order valence-electron chi connectivity index (χ1n) is 5.78. The molecule has 106 valence electrons. The number of hydrogen-bond donors (Lipinski definition) is 3. The number of nitrogen functional groups attached to an aromatic ring is 1. The molecule has 0 radical (unpaired) electrons. The van der Waals surface area contributed by atoms with Crippen LogP contribution in [0.1, 0.15) is 32.4 Å². The largest absolute Gasteiger partial charge is 0.392 e. The number of anilines is 1. The van der Waals surface area contributed by atoms with Crippen LogP contribution in [0.2, 0.25) is 0 Å². The highest BCUT2D eigenvalue weighted by Crippen LogP contribution is 2.33. The second-order valence-electron chi connectivity index (χ2n) is 5.34. The van der Waals surface area contributed by atoms with Crippen LogP contribution < -0.4 is 11.1 Å². The minimum Gasteiger partial charge on any atom is -0.392 e. The maximum absolute atomic E-state index is 10.9. The number of nitrogens with one attached hydrogen (secondary N) is 1. The molecule has 0 fully saturated rings. The van der Waals surface area contributed by atoms with Crippen molar-refractivity contribution in [3.63, 3.8) is 0 Å². The van der Waals surface area contributed by atoms with E-state index in [4.69, 9.17) is 5.73 Å². The van der Waals surface area contributed by atoms with Crippen LogP contribution in [0.15, 0.2) is 16.6 Å². The van der Waals surface area contributed by atoms with E-state index < -0.39 is 11.0 Å². The van der Waals surface area contributed by atoms with Gasteiger partial charge in [0.1, 0.15) is 5.69 Å². The third-order valence-electron chi connectivity index (χ3n) is 2.54. The SMILES string of the molecule is CC(C)(C)NCC(O)c1cc(Br)c(N)c([N+](=O)[O-])c1. The maximum Gasteiger partial charge on any atom is 0.293 e. The number of aliphatic hydroxyl groups excluding tert-OH is 1. The third kappa shape index (κ3) is 4.45. The summed E-state index contributed by atoms with van der Waals surface area (Å²) in [5.41, 5.74) is 5.77. The highest BCUT2D eigenvalue weighted by molar-refractivity contribution is 9.10. The molecule has 0 aromatic heterocycles. The maximum atomic E-state index is 10.9. The predicted molar refractivity (Wildman–Crippen MR) is 77.9 cm³/mol. The smallest absolute Gasteiger partial charge is 0.293 e. The van der Waals surface area contributed by atoms with Gasteiger partial charge in [-0.1, -0.05) is 0 Å². The van der Waals surface area contributed by atoms with E-state index in [9.17, 15) is 15.2 Å². The monoisotopic (exact) mass is 331 g/mol. The molecule has 6 nitrogen and oxygen atoms in total. The van der Waals surface area contributed by atoms with E-state index in [-0.39, 0.29) is 16.9 Å². The molecule has 0 bridgehead atoms. The summed E-state index contributed by atoms with van der Waals surface area (Å²) < 4.78 is 0.409. The Morgan fingerprint density at radius 3 is 2.58 bits per heavy atom. The van der Waals surface area contributed by atoms with E-state index in [1.165, 1.54) is 6.07 Å². The van der Waals surface area contributed by atoms with E-state index in [0.29, 0.717) is 16.6 Å². The van der Waals surface area contributed by atoms with Crippen molar-refractivity contribution in [3.05, 3.63) is 32.3 Å². The number of nitro groups is 1. The third-order valence-corrected chi connectivity index (χ3v) is 3.19. The van der Waals surface area contributed by atoms with Crippen molar-refractivity contribution in [2.24, 2.45) is 0 Å². The summed E-state index contributed by atoms with van der Waals surface area (Å²) in [7, 11) is 0. The zero-order valence-electron chi connectivity index (χ0n) is 11.1. The van der Waals surface area contributed by atoms with Crippen LogP contribution in [0.3, 0.4) is 0 Å². The Morgan fingerprint density at radius 1 is 1.53 bits per heavy atom. The van der Waals surface area contributed by atoms with E-state index >= 15 is 0 Å². The predicted octanol–water partition coefficient (Wildman–Crippen LogP) is 2.36. The Morgan fingerprint density at radius 2 is 2.11 bits per heavy atom. The molecule has 0 heterocycles. The lowest BCUT2D eigenvalue weighted by atomic mass is 10.1. The summed E-state index contributed by atoms with van der Waals surface area (Å²) in [6.45, 7) is 6.22. The fourth-order valence-electron chi connectivity index (χ4n) is 1.49. The molecule has 0 aliphatic heterocycles.